The molecule has 0 aromatic heterocycles. The highest BCUT2D eigenvalue weighted by Crippen LogP contribution is 2.59. The second kappa shape index (κ2) is 10.5. The molecule has 0 bridgehead atoms. The van der Waals surface area contributed by atoms with Crippen LogP contribution in [0.5, 0.6) is 5.75 Å². The van der Waals surface area contributed by atoms with Gasteiger partial charge in [0.25, 0.3) is 0 Å². The van der Waals surface area contributed by atoms with Gasteiger partial charge in [0, 0.05) is 18.2 Å². The van der Waals surface area contributed by atoms with Gasteiger partial charge in [-0.2, -0.15) is 26.3 Å². The van der Waals surface area contributed by atoms with Crippen LogP contribution >= 0.6 is 0 Å². The van der Waals surface area contributed by atoms with Crippen LogP contribution in [0.3, 0.4) is 0 Å². The fourth-order valence-corrected chi connectivity index (χ4v) is 6.22. The van der Waals surface area contributed by atoms with Crippen molar-refractivity contribution in [2.24, 2.45) is 5.41 Å². The number of amides is 1. The molecule has 2 aliphatic carbocycles. The number of cyclic esters (lactones) is 1. The molecule has 4 nitrogen and oxygen atoms in total. The largest absolute Gasteiger partial charge is 0.496 e. The highest BCUT2D eigenvalue weighted by atomic mass is 19.4. The zero-order chi connectivity index (χ0) is 30.8. The Bertz CT molecular complexity index is 1390. The van der Waals surface area contributed by atoms with Gasteiger partial charge < -0.3 is 9.47 Å². The Balaban J connectivity index is 1.53. The van der Waals surface area contributed by atoms with E-state index in [9.17, 15) is 35.5 Å². The molecule has 2 fully saturated rings. The first kappa shape index (κ1) is 30.2. The van der Waals surface area contributed by atoms with Crippen molar-refractivity contribution in [3.8, 4) is 5.75 Å². The van der Waals surface area contributed by atoms with Gasteiger partial charge in [0.1, 0.15) is 17.7 Å². The Morgan fingerprint density at radius 1 is 1.00 bits per heavy atom. The Morgan fingerprint density at radius 2 is 1.62 bits per heavy atom. The summed E-state index contributed by atoms with van der Waals surface area (Å²) < 4.78 is 107. The Hall–Kier alpha value is -3.24. The lowest BCUT2D eigenvalue weighted by molar-refractivity contribution is -0.143. The molecule has 11 heteroatoms. The van der Waals surface area contributed by atoms with Crippen LogP contribution in [0.2, 0.25) is 0 Å². The third-order valence-corrected chi connectivity index (χ3v) is 8.84. The topological polar surface area (TPSA) is 38.8 Å². The lowest BCUT2D eigenvalue weighted by Crippen LogP contribution is -2.35. The first-order valence-corrected chi connectivity index (χ1v) is 13.9. The molecule has 228 valence electrons. The Morgan fingerprint density at radius 3 is 2.14 bits per heavy atom. The van der Waals surface area contributed by atoms with Crippen LogP contribution in [0, 0.1) is 11.2 Å². The van der Waals surface area contributed by atoms with Crippen LogP contribution in [0.25, 0.3) is 5.57 Å². The summed E-state index contributed by atoms with van der Waals surface area (Å²) in [6.45, 7) is 5.39. The average molecular weight is 600 g/mol. The van der Waals surface area contributed by atoms with Crippen molar-refractivity contribution >= 4 is 11.7 Å². The fourth-order valence-electron chi connectivity index (χ4n) is 6.22. The Kier molecular flexibility index (Phi) is 7.55. The lowest BCUT2D eigenvalue weighted by atomic mass is 9.78. The van der Waals surface area contributed by atoms with Crippen molar-refractivity contribution in [3.05, 3.63) is 69.5 Å². The van der Waals surface area contributed by atoms with Gasteiger partial charge in [-0.1, -0.05) is 13.8 Å². The van der Waals surface area contributed by atoms with Gasteiger partial charge in [-0.05, 0) is 96.9 Å². The maximum atomic E-state index is 14.8. The predicted octanol–water partition coefficient (Wildman–Crippen LogP) is 9.29. The number of benzene rings is 2. The number of hydrogen-bond acceptors (Lipinski definition) is 3. The van der Waals surface area contributed by atoms with E-state index in [1.165, 1.54) is 18.1 Å². The van der Waals surface area contributed by atoms with Crippen LogP contribution in [0.1, 0.15) is 92.7 Å². The number of methoxy groups -OCH3 is 1. The molecule has 0 radical (unpaired) electrons. The second-order valence-corrected chi connectivity index (χ2v) is 12.0. The van der Waals surface area contributed by atoms with E-state index in [1.54, 1.807) is 13.0 Å². The maximum absolute atomic E-state index is 14.8. The fraction of sp³-hybridized carbons (Fsp3) is 0.516. The number of carbonyl (C=O) groups excluding carboxylic acids is 1. The molecule has 1 amide bonds. The third kappa shape index (κ3) is 5.71. The molecule has 5 rings (SSSR count). The molecule has 2 unspecified atom stereocenters. The first-order valence-electron chi connectivity index (χ1n) is 13.9. The summed E-state index contributed by atoms with van der Waals surface area (Å²) in [6.07, 6.45) is -7.91. The third-order valence-electron chi connectivity index (χ3n) is 8.84. The lowest BCUT2D eigenvalue weighted by Gasteiger charge is -2.32. The zero-order valence-corrected chi connectivity index (χ0v) is 23.7. The van der Waals surface area contributed by atoms with Gasteiger partial charge in [-0.15, -0.1) is 0 Å². The number of halogens is 7. The monoisotopic (exact) mass is 599 g/mol. The number of ether oxygens (including phenoxy) is 2. The Labute approximate surface area is 239 Å². The van der Waals surface area contributed by atoms with E-state index < -0.39 is 41.7 Å². The molecule has 1 aliphatic heterocycles. The summed E-state index contributed by atoms with van der Waals surface area (Å²) >= 11 is 0. The molecule has 1 saturated heterocycles. The van der Waals surface area contributed by atoms with E-state index in [4.69, 9.17) is 9.47 Å². The second-order valence-electron chi connectivity index (χ2n) is 12.0. The van der Waals surface area contributed by atoms with Gasteiger partial charge in [0.05, 0.1) is 24.3 Å². The summed E-state index contributed by atoms with van der Waals surface area (Å²) in [6, 6.07) is 3.54. The van der Waals surface area contributed by atoms with Gasteiger partial charge in [0.2, 0.25) is 0 Å². The normalized spacial score (nSPS) is 22.3. The standard InChI is InChI=1S/C31H32F7NO3/c1-16(2)23-12-24(26(41-4)13-25(23)32)22-5-6-29(7-8-29)14-19(22)15-39-17(3)27(42-28(39)40)18-9-20(30(33,34)35)11-21(10-18)31(36,37)38/h9-13,16-17,27H,5-8,14-15H2,1-4H3. The SMILES string of the molecule is COc1cc(F)c(C(C)C)cc1C1=C(CN2C(=O)OC(c3cc(C(F)(F)F)cc(C(F)(F)F)c3)C2C)CC2(CC1)CC2. The molecule has 1 saturated carbocycles. The maximum Gasteiger partial charge on any atom is 0.416 e. The van der Waals surface area contributed by atoms with Crippen LogP contribution in [0.4, 0.5) is 35.5 Å². The molecule has 2 aromatic rings. The molecule has 1 heterocycles. The average Bonchev–Trinajstić information content (AvgIpc) is 3.60. The summed E-state index contributed by atoms with van der Waals surface area (Å²) in [7, 11) is 1.45. The number of carbonyl (C=O) groups is 1. The van der Waals surface area contributed by atoms with E-state index >= 15 is 0 Å². The molecule has 2 atom stereocenters. The zero-order valence-electron chi connectivity index (χ0n) is 23.7. The number of nitrogens with zero attached hydrogens (tertiary/aromatic N) is 1. The van der Waals surface area contributed by atoms with E-state index in [0.717, 1.165) is 36.0 Å². The number of alkyl halides is 6. The highest BCUT2D eigenvalue weighted by molar-refractivity contribution is 5.77. The first-order chi connectivity index (χ1) is 19.5. The number of allylic oxidation sites excluding steroid dienone is 1. The van der Waals surface area contributed by atoms with Crippen molar-refractivity contribution in [2.45, 2.75) is 83.3 Å². The molecular weight excluding hydrogens is 567 g/mol. The van der Waals surface area contributed by atoms with E-state index in [2.05, 4.69) is 0 Å². The minimum atomic E-state index is -5.02. The molecule has 42 heavy (non-hydrogen) atoms. The van der Waals surface area contributed by atoms with Gasteiger partial charge in [-0.25, -0.2) is 9.18 Å². The van der Waals surface area contributed by atoms with Gasteiger partial charge in [0.15, 0.2) is 0 Å². The van der Waals surface area contributed by atoms with Crippen LogP contribution in [0.15, 0.2) is 35.9 Å². The summed E-state index contributed by atoms with van der Waals surface area (Å²) in [4.78, 5) is 14.5. The predicted molar refractivity (Wildman–Crippen MR) is 141 cm³/mol. The van der Waals surface area contributed by atoms with Crippen molar-refractivity contribution in [2.75, 3.05) is 13.7 Å². The van der Waals surface area contributed by atoms with Crippen molar-refractivity contribution in [3.63, 3.8) is 0 Å². The number of rotatable bonds is 6. The van der Waals surface area contributed by atoms with Gasteiger partial charge in [-0.3, -0.25) is 4.90 Å². The minimum absolute atomic E-state index is 0.0540. The van der Waals surface area contributed by atoms with Gasteiger partial charge >= 0.3 is 18.4 Å². The van der Waals surface area contributed by atoms with Crippen molar-refractivity contribution < 1.29 is 45.0 Å². The highest BCUT2D eigenvalue weighted by Gasteiger charge is 2.48. The molecule has 0 N–H and O–H groups in total. The molecule has 3 aliphatic rings. The quantitative estimate of drug-likeness (QED) is 0.311. The summed E-state index contributed by atoms with van der Waals surface area (Å²) in [5.74, 6) is -0.128. The van der Waals surface area contributed by atoms with Crippen molar-refractivity contribution in [1.29, 1.82) is 0 Å². The molecule has 1 spiro atoms. The summed E-state index contributed by atoms with van der Waals surface area (Å²) in [5, 5.41) is 0. The van der Waals surface area contributed by atoms with Crippen LogP contribution < -0.4 is 4.74 Å². The minimum Gasteiger partial charge on any atom is -0.496 e. The van der Waals surface area contributed by atoms with Crippen LogP contribution in [-0.2, 0) is 17.1 Å². The summed E-state index contributed by atoms with van der Waals surface area (Å²) in [5.41, 5.74) is -0.157. The van der Waals surface area contributed by atoms with E-state index in [1.807, 2.05) is 13.8 Å². The van der Waals surface area contributed by atoms with E-state index in [-0.39, 0.29) is 35.3 Å². The molecule has 2 aromatic carbocycles. The number of hydrogen-bond donors (Lipinski definition) is 0. The smallest absolute Gasteiger partial charge is 0.416 e. The molecular formula is C31H32F7NO3. The van der Waals surface area contributed by atoms with Crippen molar-refractivity contribution in [1.82, 2.24) is 4.90 Å². The van der Waals surface area contributed by atoms with Crippen LogP contribution in [-0.4, -0.2) is 30.7 Å². The van der Waals surface area contributed by atoms with E-state index in [0.29, 0.717) is 36.3 Å².